The van der Waals surface area contributed by atoms with Crippen molar-refractivity contribution in [1.29, 1.82) is 0 Å². The van der Waals surface area contributed by atoms with E-state index < -0.39 is 24.5 Å². The number of esters is 2. The molecule has 0 amide bonds. The highest BCUT2D eigenvalue weighted by Gasteiger charge is 2.25. The lowest BCUT2D eigenvalue weighted by Gasteiger charge is -2.09. The van der Waals surface area contributed by atoms with E-state index in [0.717, 1.165) is 0 Å². The molecule has 3 aromatic rings. The highest BCUT2D eigenvalue weighted by atomic mass is 19.4. The van der Waals surface area contributed by atoms with Crippen molar-refractivity contribution in [1.82, 2.24) is 0 Å². The molecule has 4 N–H and O–H groups in total. The lowest BCUT2D eigenvalue weighted by Crippen LogP contribution is -2.09. The Bertz CT molecular complexity index is 1240. The summed E-state index contributed by atoms with van der Waals surface area (Å²) in [5, 5.41) is 0. The number of halogens is 3. The third-order valence-electron chi connectivity index (χ3n) is 5.13. The first-order valence-corrected chi connectivity index (χ1v) is 11.7. The number of rotatable bonds is 11. The maximum Gasteiger partial charge on any atom is 0.389 e. The average molecular weight is 529 g/mol. The number of carbonyl (C=O) groups excluding carboxylic acids is 2. The van der Waals surface area contributed by atoms with E-state index in [9.17, 15) is 22.8 Å². The molecule has 200 valence electrons. The lowest BCUT2D eigenvalue weighted by atomic mass is 10.2. The molecule has 0 fully saturated rings. The second kappa shape index (κ2) is 13.2. The summed E-state index contributed by atoms with van der Waals surface area (Å²) in [4.78, 5) is 24.4. The van der Waals surface area contributed by atoms with Gasteiger partial charge in [0.25, 0.3) is 0 Å². The molecule has 0 spiro atoms. The molecule has 0 atom stereocenters. The Balaban J connectivity index is 1.43. The van der Waals surface area contributed by atoms with Crippen molar-refractivity contribution in [3.63, 3.8) is 0 Å². The van der Waals surface area contributed by atoms with Gasteiger partial charge in [0.15, 0.2) is 0 Å². The summed E-state index contributed by atoms with van der Waals surface area (Å²) in [5.41, 5.74) is 14.0. The molecule has 3 aromatic carbocycles. The number of ether oxygens (including phenoxy) is 3. The van der Waals surface area contributed by atoms with E-state index in [1.807, 2.05) is 0 Å². The van der Waals surface area contributed by atoms with Gasteiger partial charge in [-0.1, -0.05) is 12.1 Å². The van der Waals surface area contributed by atoms with Crippen LogP contribution in [0.2, 0.25) is 0 Å². The molecular weight excluding hydrogens is 501 g/mol. The van der Waals surface area contributed by atoms with E-state index in [1.54, 1.807) is 60.7 Å². The topological polar surface area (TPSA) is 114 Å². The molecule has 0 radical (unpaired) electrons. The third-order valence-corrected chi connectivity index (χ3v) is 5.13. The number of unbranched alkanes of at least 4 members (excludes halogenated alkanes) is 1. The second-order valence-electron chi connectivity index (χ2n) is 8.35. The van der Waals surface area contributed by atoms with E-state index >= 15 is 0 Å². The van der Waals surface area contributed by atoms with Crippen molar-refractivity contribution in [2.24, 2.45) is 0 Å². The molecule has 0 bridgehead atoms. The van der Waals surface area contributed by atoms with Gasteiger partial charge in [-0.2, -0.15) is 13.2 Å². The molecule has 0 heterocycles. The van der Waals surface area contributed by atoms with Crippen LogP contribution in [0.1, 0.15) is 40.7 Å². The smallest absolute Gasteiger partial charge is 0.389 e. The molecule has 0 aliphatic heterocycles. The lowest BCUT2D eigenvalue weighted by molar-refractivity contribution is -0.139. The monoisotopic (exact) mass is 528 g/mol. The van der Waals surface area contributed by atoms with Gasteiger partial charge in [-0.25, -0.2) is 9.59 Å². The zero-order valence-corrected chi connectivity index (χ0v) is 20.4. The van der Waals surface area contributed by atoms with Crippen LogP contribution in [0.3, 0.4) is 0 Å². The minimum atomic E-state index is -4.16. The summed E-state index contributed by atoms with van der Waals surface area (Å²) >= 11 is 0. The number of anilines is 2. The summed E-state index contributed by atoms with van der Waals surface area (Å²) < 4.78 is 52.4. The average Bonchev–Trinajstić information content (AvgIpc) is 2.86. The first-order chi connectivity index (χ1) is 18.1. The van der Waals surface area contributed by atoms with Gasteiger partial charge < -0.3 is 25.7 Å². The molecule has 0 aliphatic rings. The molecular formula is C28H27F3N2O5. The largest absolute Gasteiger partial charge is 0.494 e. The number of hydrogen-bond donors (Lipinski definition) is 2. The summed E-state index contributed by atoms with van der Waals surface area (Å²) in [6, 6.07) is 17.6. The molecule has 7 nitrogen and oxygen atoms in total. The Morgan fingerprint density at radius 3 is 2.11 bits per heavy atom. The third kappa shape index (κ3) is 9.88. The molecule has 0 saturated heterocycles. The summed E-state index contributed by atoms with van der Waals surface area (Å²) in [6.45, 7) is 0.179. The predicted molar refractivity (Wildman–Crippen MR) is 137 cm³/mol. The van der Waals surface area contributed by atoms with E-state index in [4.69, 9.17) is 25.7 Å². The van der Waals surface area contributed by atoms with Crippen LogP contribution in [-0.2, 0) is 16.1 Å². The number of alkyl halides is 3. The van der Waals surface area contributed by atoms with Crippen LogP contribution >= 0.6 is 0 Å². The van der Waals surface area contributed by atoms with Crippen LogP contribution in [0.25, 0.3) is 6.08 Å². The molecule has 3 rings (SSSR count). The van der Waals surface area contributed by atoms with Gasteiger partial charge in [0, 0.05) is 23.9 Å². The fraction of sp³-hybridized carbons (Fsp3) is 0.214. The Morgan fingerprint density at radius 2 is 1.47 bits per heavy atom. The molecule has 0 saturated carbocycles. The maximum atomic E-state index is 12.4. The van der Waals surface area contributed by atoms with Gasteiger partial charge in [-0.05, 0) is 84.6 Å². The quantitative estimate of drug-likeness (QED) is 0.104. The van der Waals surface area contributed by atoms with Crippen molar-refractivity contribution in [3.05, 3.63) is 89.5 Å². The minimum Gasteiger partial charge on any atom is -0.494 e. The Morgan fingerprint density at radius 1 is 0.842 bits per heavy atom. The van der Waals surface area contributed by atoms with Crippen LogP contribution in [0.15, 0.2) is 72.8 Å². The molecule has 10 heteroatoms. The zero-order chi connectivity index (χ0) is 27.5. The second-order valence-corrected chi connectivity index (χ2v) is 8.35. The van der Waals surface area contributed by atoms with Crippen LogP contribution in [0, 0.1) is 0 Å². The van der Waals surface area contributed by atoms with Crippen molar-refractivity contribution in [3.8, 4) is 11.5 Å². The number of hydrogen-bond acceptors (Lipinski definition) is 7. The number of nitrogens with two attached hydrogens (primary N) is 2. The van der Waals surface area contributed by atoms with Crippen LogP contribution in [0.5, 0.6) is 11.5 Å². The van der Waals surface area contributed by atoms with Gasteiger partial charge in [-0.3, -0.25) is 0 Å². The number of benzene rings is 3. The molecule has 0 aromatic heterocycles. The Labute approximate surface area is 217 Å². The number of carbonyl (C=O) groups is 2. The van der Waals surface area contributed by atoms with E-state index in [-0.39, 0.29) is 31.6 Å². The van der Waals surface area contributed by atoms with Crippen LogP contribution < -0.4 is 20.9 Å². The van der Waals surface area contributed by atoms with Crippen molar-refractivity contribution < 1.29 is 37.0 Å². The molecule has 0 aliphatic carbocycles. The van der Waals surface area contributed by atoms with Crippen LogP contribution in [0.4, 0.5) is 24.5 Å². The van der Waals surface area contributed by atoms with E-state index in [1.165, 1.54) is 18.2 Å². The fourth-order valence-corrected chi connectivity index (χ4v) is 3.31. The highest BCUT2D eigenvalue weighted by Crippen LogP contribution is 2.23. The minimum absolute atomic E-state index is 0.00725. The highest BCUT2D eigenvalue weighted by molar-refractivity contribution is 5.91. The first-order valence-electron chi connectivity index (χ1n) is 11.7. The molecule has 0 unspecified atom stereocenters. The Kier molecular flexibility index (Phi) is 9.75. The van der Waals surface area contributed by atoms with E-state index in [0.29, 0.717) is 34.0 Å². The van der Waals surface area contributed by atoms with Crippen molar-refractivity contribution >= 4 is 29.4 Å². The standard InChI is InChI=1S/C28H27F3N2O5/c29-28(30,31)13-1-2-14-36-24-10-6-21(7-11-24)27(35)38-25-8-3-19(4-9-25)5-12-26(34)37-18-20-15-22(32)17-23(33)16-20/h3-12,15-17H,1-2,13-14,18,32-33H2. The van der Waals surface area contributed by atoms with Gasteiger partial charge >= 0.3 is 18.1 Å². The first kappa shape index (κ1) is 28.1. The Hall–Kier alpha value is -4.47. The predicted octanol–water partition coefficient (Wildman–Crippen LogP) is 5.94. The van der Waals surface area contributed by atoms with Crippen molar-refractivity contribution in [2.45, 2.75) is 32.0 Å². The summed E-state index contributed by atoms with van der Waals surface area (Å²) in [5.74, 6) is -0.384. The summed E-state index contributed by atoms with van der Waals surface area (Å²) in [6.07, 6.45) is -1.91. The van der Waals surface area contributed by atoms with Crippen molar-refractivity contribution in [2.75, 3.05) is 18.1 Å². The zero-order valence-electron chi connectivity index (χ0n) is 20.4. The summed E-state index contributed by atoms with van der Waals surface area (Å²) in [7, 11) is 0. The normalized spacial score (nSPS) is 11.3. The van der Waals surface area contributed by atoms with Gasteiger partial charge in [-0.15, -0.1) is 0 Å². The van der Waals surface area contributed by atoms with Gasteiger partial charge in [0.2, 0.25) is 0 Å². The van der Waals surface area contributed by atoms with E-state index in [2.05, 4.69) is 0 Å². The fourth-order valence-electron chi connectivity index (χ4n) is 3.31. The van der Waals surface area contributed by atoms with Gasteiger partial charge in [0.1, 0.15) is 18.1 Å². The molecule has 38 heavy (non-hydrogen) atoms. The SMILES string of the molecule is Nc1cc(N)cc(COC(=O)C=Cc2ccc(OC(=O)c3ccc(OCCCCC(F)(F)F)cc3)cc2)c1. The maximum absolute atomic E-state index is 12.4. The number of nitrogen functional groups attached to an aromatic ring is 2. The van der Waals surface area contributed by atoms with Crippen LogP contribution in [-0.4, -0.2) is 24.7 Å². The van der Waals surface area contributed by atoms with Gasteiger partial charge in [0.05, 0.1) is 12.2 Å².